The van der Waals surface area contributed by atoms with Crippen molar-refractivity contribution in [1.82, 2.24) is 29.5 Å². The zero-order valence-electron chi connectivity index (χ0n) is 13.0. The van der Waals surface area contributed by atoms with Crippen molar-refractivity contribution in [2.75, 3.05) is 12.3 Å². The standard InChI is InChI=1S/C10H13N5O4.C4H4N2/c11-8-5-9(13-2-12-8)15(3-14-5)10-7(18)6(17)4(1-16)19-10;1-2-5-4-6-3-1/h2-4,6-7,10,16-18H,1H2,(H2,11,12,13);1-4H/t4-,6-,7-,10-;/m1./s1. The second kappa shape index (κ2) is 7.44. The fraction of sp³-hybridized carbons (Fsp3) is 0.357. The van der Waals surface area contributed by atoms with Crippen molar-refractivity contribution in [3.8, 4) is 0 Å². The van der Waals surface area contributed by atoms with Crippen molar-refractivity contribution in [3.05, 3.63) is 37.4 Å². The van der Waals surface area contributed by atoms with Gasteiger partial charge in [0.25, 0.3) is 0 Å². The van der Waals surface area contributed by atoms with Crippen molar-refractivity contribution in [2.45, 2.75) is 24.5 Å². The first-order chi connectivity index (χ1) is 12.1. The van der Waals surface area contributed by atoms with Gasteiger partial charge < -0.3 is 25.8 Å². The van der Waals surface area contributed by atoms with Crippen LogP contribution in [0.3, 0.4) is 0 Å². The summed E-state index contributed by atoms with van der Waals surface area (Å²) in [5.41, 5.74) is 6.44. The number of nitrogens with zero attached hydrogens (tertiary/aromatic N) is 6. The number of rotatable bonds is 2. The summed E-state index contributed by atoms with van der Waals surface area (Å²) in [6.07, 6.45) is 3.45. The van der Waals surface area contributed by atoms with Gasteiger partial charge >= 0.3 is 0 Å². The third-order valence-electron chi connectivity index (χ3n) is 3.66. The van der Waals surface area contributed by atoms with Crippen LogP contribution < -0.4 is 5.73 Å². The molecule has 4 atom stereocenters. The molecule has 1 aliphatic rings. The fourth-order valence-electron chi connectivity index (χ4n) is 2.42. The Bertz CT molecular complexity index is 789. The topological polar surface area (TPSA) is 165 Å². The number of hydrogen-bond acceptors (Lipinski definition) is 10. The van der Waals surface area contributed by atoms with Crippen LogP contribution in [0.2, 0.25) is 0 Å². The summed E-state index contributed by atoms with van der Waals surface area (Å²) < 4.78 is 6.85. The molecule has 11 heteroatoms. The molecule has 1 saturated heterocycles. The third kappa shape index (κ3) is 3.39. The molecule has 4 rings (SSSR count). The second-order valence-corrected chi connectivity index (χ2v) is 5.22. The Balaban J connectivity index is 0.000000258. The van der Waals surface area contributed by atoms with Gasteiger partial charge in [-0.05, 0) is 6.07 Å². The van der Waals surface area contributed by atoms with Crippen LogP contribution in [-0.2, 0) is 4.74 Å². The van der Waals surface area contributed by atoms with Gasteiger partial charge in [-0.15, -0.1) is 0 Å². The Morgan fingerprint density at radius 3 is 2.40 bits per heavy atom. The summed E-state index contributed by atoms with van der Waals surface area (Å²) in [4.78, 5) is 19.2. The van der Waals surface area contributed by atoms with Crippen molar-refractivity contribution < 1.29 is 20.1 Å². The first-order valence-electron chi connectivity index (χ1n) is 7.39. The van der Waals surface area contributed by atoms with Crippen LogP contribution in [0.5, 0.6) is 0 Å². The van der Waals surface area contributed by atoms with Gasteiger partial charge in [0.2, 0.25) is 0 Å². The maximum Gasteiger partial charge on any atom is 0.167 e. The van der Waals surface area contributed by atoms with Crippen molar-refractivity contribution >= 4 is 17.0 Å². The molecule has 132 valence electrons. The third-order valence-corrected chi connectivity index (χ3v) is 3.66. The number of aliphatic hydroxyl groups excluding tert-OH is 3. The van der Waals surface area contributed by atoms with E-state index in [1.165, 1.54) is 23.5 Å². The lowest BCUT2D eigenvalue weighted by Crippen LogP contribution is -2.33. The molecule has 0 spiro atoms. The van der Waals surface area contributed by atoms with E-state index >= 15 is 0 Å². The molecule has 0 amide bonds. The normalized spacial score (nSPS) is 25.6. The zero-order valence-corrected chi connectivity index (χ0v) is 13.0. The zero-order chi connectivity index (χ0) is 17.8. The lowest BCUT2D eigenvalue weighted by Gasteiger charge is -2.16. The summed E-state index contributed by atoms with van der Waals surface area (Å²) in [6.45, 7) is -0.390. The molecule has 0 aromatic carbocycles. The van der Waals surface area contributed by atoms with Crippen molar-refractivity contribution in [2.24, 2.45) is 0 Å². The Labute approximate surface area is 141 Å². The number of aromatic nitrogens is 6. The molecule has 0 unspecified atom stereocenters. The van der Waals surface area contributed by atoms with E-state index in [0.717, 1.165) is 0 Å². The van der Waals surface area contributed by atoms with Gasteiger partial charge in [-0.1, -0.05) is 0 Å². The van der Waals surface area contributed by atoms with Gasteiger partial charge in [-0.3, -0.25) is 4.57 Å². The van der Waals surface area contributed by atoms with E-state index in [9.17, 15) is 10.2 Å². The van der Waals surface area contributed by atoms with E-state index in [1.807, 2.05) is 0 Å². The van der Waals surface area contributed by atoms with E-state index in [-0.39, 0.29) is 5.82 Å². The second-order valence-electron chi connectivity index (χ2n) is 5.22. The summed E-state index contributed by atoms with van der Waals surface area (Å²) in [5, 5.41) is 28.7. The smallest absolute Gasteiger partial charge is 0.167 e. The van der Waals surface area contributed by atoms with Crippen molar-refractivity contribution in [3.63, 3.8) is 0 Å². The number of nitrogen functional groups attached to an aromatic ring is 1. The first-order valence-corrected chi connectivity index (χ1v) is 7.39. The van der Waals surface area contributed by atoms with Crippen molar-refractivity contribution in [1.29, 1.82) is 0 Å². The Morgan fingerprint density at radius 1 is 1.08 bits per heavy atom. The minimum absolute atomic E-state index is 0.218. The van der Waals surface area contributed by atoms with Crippen LogP contribution in [0, 0.1) is 0 Å². The molecule has 0 aliphatic carbocycles. The molecule has 0 saturated carbocycles. The molecule has 4 heterocycles. The van der Waals surface area contributed by atoms with Crippen LogP contribution in [0.25, 0.3) is 11.2 Å². The first kappa shape index (κ1) is 17.1. The lowest BCUT2D eigenvalue weighted by atomic mass is 10.1. The quantitative estimate of drug-likeness (QED) is 0.428. The van der Waals surface area contributed by atoms with Crippen LogP contribution in [0.4, 0.5) is 5.82 Å². The summed E-state index contributed by atoms with van der Waals surface area (Å²) in [7, 11) is 0. The molecule has 3 aromatic heterocycles. The average molecular weight is 347 g/mol. The van der Waals surface area contributed by atoms with E-state index in [1.54, 1.807) is 18.5 Å². The van der Waals surface area contributed by atoms with Gasteiger partial charge in [-0.2, -0.15) is 0 Å². The molecule has 1 fully saturated rings. The van der Waals surface area contributed by atoms with Gasteiger partial charge in [0, 0.05) is 12.4 Å². The number of anilines is 1. The molecule has 25 heavy (non-hydrogen) atoms. The van der Waals surface area contributed by atoms with Gasteiger partial charge in [0.1, 0.15) is 36.5 Å². The maximum absolute atomic E-state index is 9.95. The van der Waals surface area contributed by atoms with Gasteiger partial charge in [0.15, 0.2) is 17.7 Å². The predicted molar refractivity (Wildman–Crippen MR) is 84.8 cm³/mol. The SMILES string of the molecule is Nc1ncnc2c1ncn2[C@@H]1O[C@H](CO)[C@@H](O)[C@H]1O.c1cncnc1. The van der Waals surface area contributed by atoms with Gasteiger partial charge in [-0.25, -0.2) is 24.9 Å². The highest BCUT2D eigenvalue weighted by Crippen LogP contribution is 2.31. The van der Waals surface area contributed by atoms with Crippen LogP contribution in [-0.4, -0.2) is 69.7 Å². The largest absolute Gasteiger partial charge is 0.394 e. The maximum atomic E-state index is 9.95. The lowest BCUT2D eigenvalue weighted by molar-refractivity contribution is -0.0511. The molecule has 0 radical (unpaired) electrons. The number of fused-ring (bicyclic) bond motifs is 1. The molecule has 3 aromatic rings. The van der Waals surface area contributed by atoms with E-state index in [0.29, 0.717) is 11.2 Å². The van der Waals surface area contributed by atoms with Gasteiger partial charge in [0.05, 0.1) is 12.9 Å². The number of aliphatic hydroxyl groups is 3. The Hall–Kier alpha value is -2.73. The minimum atomic E-state index is -1.19. The fourth-order valence-corrected chi connectivity index (χ4v) is 2.42. The molecule has 5 N–H and O–H groups in total. The van der Waals surface area contributed by atoms with Crippen LogP contribution in [0.15, 0.2) is 37.4 Å². The number of nitrogens with two attached hydrogens (primary N) is 1. The highest BCUT2D eigenvalue weighted by molar-refractivity contribution is 5.81. The number of hydrogen-bond donors (Lipinski definition) is 4. The molecular formula is C14H17N7O4. The monoisotopic (exact) mass is 347 g/mol. The summed E-state index contributed by atoms with van der Waals surface area (Å²) in [6, 6.07) is 1.78. The molecule has 0 bridgehead atoms. The Kier molecular flexibility index (Phi) is 5.09. The highest BCUT2D eigenvalue weighted by atomic mass is 16.6. The highest BCUT2D eigenvalue weighted by Gasteiger charge is 2.43. The summed E-state index contributed by atoms with van der Waals surface area (Å²) in [5.74, 6) is 0.218. The molecular weight excluding hydrogens is 330 g/mol. The van der Waals surface area contributed by atoms with E-state index in [4.69, 9.17) is 15.6 Å². The van der Waals surface area contributed by atoms with E-state index < -0.39 is 31.1 Å². The predicted octanol–water partition coefficient (Wildman–Crippen LogP) is -1.50. The average Bonchev–Trinajstić information content (AvgIpc) is 3.20. The molecule has 11 nitrogen and oxygen atoms in total. The summed E-state index contributed by atoms with van der Waals surface area (Å²) >= 11 is 0. The molecule has 1 aliphatic heterocycles. The minimum Gasteiger partial charge on any atom is -0.394 e. The number of ether oxygens (including phenoxy) is 1. The van der Waals surface area contributed by atoms with E-state index in [2.05, 4.69) is 24.9 Å². The van der Waals surface area contributed by atoms with Crippen LogP contribution >= 0.6 is 0 Å². The van der Waals surface area contributed by atoms with Crippen LogP contribution in [0.1, 0.15) is 6.23 Å². The number of imidazole rings is 1. The Morgan fingerprint density at radius 2 is 1.84 bits per heavy atom.